The van der Waals surface area contributed by atoms with Crippen LogP contribution in [0.3, 0.4) is 0 Å². The molecule has 2 rings (SSSR count). The second-order valence-corrected chi connectivity index (χ2v) is 4.01. The van der Waals surface area contributed by atoms with Crippen LogP contribution in [0, 0.1) is 0 Å². The minimum Gasteiger partial charge on any atom is -0.466 e. The zero-order chi connectivity index (χ0) is 12.8. The minimum absolute atomic E-state index is 0.211. The van der Waals surface area contributed by atoms with Gasteiger partial charge in [0.2, 0.25) is 0 Å². The van der Waals surface area contributed by atoms with Gasteiger partial charge in [0.15, 0.2) is 0 Å². The number of carbonyl (C=O) groups is 1. The summed E-state index contributed by atoms with van der Waals surface area (Å²) in [7, 11) is 0. The molecule has 0 spiro atoms. The Kier molecular flexibility index (Phi) is 4.12. The highest BCUT2D eigenvalue weighted by Gasteiger charge is 2.06. The number of hydrogen-bond acceptors (Lipinski definition) is 3. The number of aromatic nitrogens is 2. The molecule has 2 aromatic rings. The van der Waals surface area contributed by atoms with E-state index in [1.165, 1.54) is 5.56 Å². The number of hydrogen-bond donors (Lipinski definition) is 0. The molecule has 1 heterocycles. The topological polar surface area (TPSA) is 44.1 Å². The van der Waals surface area contributed by atoms with E-state index in [9.17, 15) is 4.79 Å². The summed E-state index contributed by atoms with van der Waals surface area (Å²) in [5.41, 5.74) is 2.06. The molecular formula is C14H16N2O2. The first-order valence-electron chi connectivity index (χ1n) is 5.99. The van der Waals surface area contributed by atoms with Gasteiger partial charge in [0.25, 0.3) is 0 Å². The van der Waals surface area contributed by atoms with Gasteiger partial charge in [0.05, 0.1) is 25.8 Å². The van der Waals surface area contributed by atoms with E-state index in [0.29, 0.717) is 13.2 Å². The van der Waals surface area contributed by atoms with Gasteiger partial charge in [0.1, 0.15) is 0 Å². The molecule has 4 nitrogen and oxygen atoms in total. The molecular weight excluding hydrogens is 228 g/mol. The zero-order valence-corrected chi connectivity index (χ0v) is 10.4. The summed E-state index contributed by atoms with van der Waals surface area (Å²) < 4.78 is 6.72. The van der Waals surface area contributed by atoms with E-state index >= 15 is 0 Å². The molecule has 0 aliphatic rings. The number of benzene rings is 1. The Balaban J connectivity index is 1.96. The van der Waals surface area contributed by atoms with Crippen LogP contribution in [0.1, 0.15) is 18.1 Å². The maximum absolute atomic E-state index is 11.3. The summed E-state index contributed by atoms with van der Waals surface area (Å²) in [4.78, 5) is 11.3. The van der Waals surface area contributed by atoms with E-state index < -0.39 is 0 Å². The highest BCUT2D eigenvalue weighted by molar-refractivity contribution is 5.72. The lowest BCUT2D eigenvalue weighted by atomic mass is 10.2. The van der Waals surface area contributed by atoms with Crippen LogP contribution in [-0.2, 0) is 22.5 Å². The summed E-state index contributed by atoms with van der Waals surface area (Å²) >= 11 is 0. The molecule has 0 unspecified atom stereocenters. The average molecular weight is 244 g/mol. The fourth-order valence-corrected chi connectivity index (χ4v) is 1.73. The third-order valence-corrected chi connectivity index (χ3v) is 2.53. The largest absolute Gasteiger partial charge is 0.466 e. The Bertz CT molecular complexity index is 506. The van der Waals surface area contributed by atoms with Crippen molar-refractivity contribution < 1.29 is 9.53 Å². The summed E-state index contributed by atoms with van der Waals surface area (Å²) in [5.74, 6) is -0.211. The van der Waals surface area contributed by atoms with Crippen molar-refractivity contribution in [2.45, 2.75) is 19.9 Å². The SMILES string of the molecule is CCOC(=O)Cc1cnn(Cc2ccccc2)c1. The van der Waals surface area contributed by atoms with Crippen LogP contribution in [0.2, 0.25) is 0 Å². The standard InChI is InChI=1S/C14H16N2O2/c1-2-18-14(17)8-13-9-15-16(11-13)10-12-6-4-3-5-7-12/h3-7,9,11H,2,8,10H2,1H3. The zero-order valence-electron chi connectivity index (χ0n) is 10.4. The van der Waals surface area contributed by atoms with Gasteiger partial charge in [-0.25, -0.2) is 0 Å². The molecule has 1 aromatic heterocycles. The van der Waals surface area contributed by atoms with E-state index in [-0.39, 0.29) is 12.4 Å². The van der Waals surface area contributed by atoms with Crippen LogP contribution >= 0.6 is 0 Å². The first-order valence-corrected chi connectivity index (χ1v) is 5.99. The molecule has 4 heteroatoms. The second kappa shape index (κ2) is 6.00. The maximum Gasteiger partial charge on any atom is 0.310 e. The van der Waals surface area contributed by atoms with Gasteiger partial charge in [-0.05, 0) is 12.5 Å². The lowest BCUT2D eigenvalue weighted by molar-refractivity contribution is -0.142. The van der Waals surface area contributed by atoms with Gasteiger partial charge in [-0.2, -0.15) is 5.10 Å². The minimum atomic E-state index is -0.211. The molecule has 0 saturated carbocycles. The fourth-order valence-electron chi connectivity index (χ4n) is 1.73. The Morgan fingerprint density at radius 3 is 2.78 bits per heavy atom. The highest BCUT2D eigenvalue weighted by atomic mass is 16.5. The predicted molar refractivity (Wildman–Crippen MR) is 68.1 cm³/mol. The summed E-state index contributed by atoms with van der Waals surface area (Å²) in [6.07, 6.45) is 3.87. The van der Waals surface area contributed by atoms with Crippen LogP contribution in [0.15, 0.2) is 42.7 Å². The fraction of sp³-hybridized carbons (Fsp3) is 0.286. The highest BCUT2D eigenvalue weighted by Crippen LogP contribution is 2.05. The molecule has 18 heavy (non-hydrogen) atoms. The Morgan fingerprint density at radius 2 is 2.06 bits per heavy atom. The van der Waals surface area contributed by atoms with Crippen molar-refractivity contribution >= 4 is 5.97 Å². The predicted octanol–water partition coefficient (Wildman–Crippen LogP) is 2.04. The van der Waals surface area contributed by atoms with E-state index in [1.54, 1.807) is 13.1 Å². The van der Waals surface area contributed by atoms with Crippen LogP contribution in [0.4, 0.5) is 0 Å². The van der Waals surface area contributed by atoms with Crippen molar-refractivity contribution in [3.63, 3.8) is 0 Å². The number of carbonyl (C=O) groups excluding carboxylic acids is 1. The van der Waals surface area contributed by atoms with Crippen LogP contribution in [-0.4, -0.2) is 22.4 Å². The molecule has 0 fully saturated rings. The smallest absolute Gasteiger partial charge is 0.310 e. The molecule has 0 N–H and O–H groups in total. The van der Waals surface area contributed by atoms with Gasteiger partial charge in [0, 0.05) is 11.8 Å². The monoisotopic (exact) mass is 244 g/mol. The van der Waals surface area contributed by atoms with Gasteiger partial charge < -0.3 is 4.74 Å². The Hall–Kier alpha value is -2.10. The maximum atomic E-state index is 11.3. The molecule has 94 valence electrons. The molecule has 1 aromatic carbocycles. The quantitative estimate of drug-likeness (QED) is 0.756. The number of ether oxygens (including phenoxy) is 1. The van der Waals surface area contributed by atoms with Gasteiger partial charge in [-0.1, -0.05) is 30.3 Å². The van der Waals surface area contributed by atoms with Crippen molar-refractivity contribution in [3.05, 3.63) is 53.9 Å². The normalized spacial score (nSPS) is 10.3. The van der Waals surface area contributed by atoms with E-state index in [4.69, 9.17) is 4.74 Å². The molecule has 0 atom stereocenters. The molecule has 0 bridgehead atoms. The summed E-state index contributed by atoms with van der Waals surface area (Å²) in [6.45, 7) is 2.93. The second-order valence-electron chi connectivity index (χ2n) is 4.01. The van der Waals surface area contributed by atoms with Gasteiger partial charge in [-0.15, -0.1) is 0 Å². The third kappa shape index (κ3) is 3.45. The lowest BCUT2D eigenvalue weighted by Gasteiger charge is -2.01. The molecule has 0 aliphatic heterocycles. The average Bonchev–Trinajstić information content (AvgIpc) is 2.78. The third-order valence-electron chi connectivity index (χ3n) is 2.53. The molecule has 0 saturated heterocycles. The van der Waals surface area contributed by atoms with Gasteiger partial charge in [-0.3, -0.25) is 9.48 Å². The number of nitrogens with zero attached hydrogens (tertiary/aromatic N) is 2. The molecule has 0 amide bonds. The number of rotatable bonds is 5. The lowest BCUT2D eigenvalue weighted by Crippen LogP contribution is -2.06. The van der Waals surface area contributed by atoms with Crippen molar-refractivity contribution in [2.24, 2.45) is 0 Å². The molecule has 0 radical (unpaired) electrons. The Labute approximate surface area is 106 Å². The van der Waals surface area contributed by atoms with Crippen LogP contribution < -0.4 is 0 Å². The summed E-state index contributed by atoms with van der Waals surface area (Å²) in [5, 5.41) is 4.23. The first kappa shape index (κ1) is 12.4. The van der Waals surface area contributed by atoms with E-state index in [2.05, 4.69) is 5.10 Å². The molecule has 0 aliphatic carbocycles. The summed E-state index contributed by atoms with van der Waals surface area (Å²) in [6, 6.07) is 10.1. The number of esters is 1. The van der Waals surface area contributed by atoms with Crippen molar-refractivity contribution in [1.29, 1.82) is 0 Å². The van der Waals surface area contributed by atoms with Crippen LogP contribution in [0.25, 0.3) is 0 Å². The van der Waals surface area contributed by atoms with Crippen molar-refractivity contribution in [1.82, 2.24) is 9.78 Å². The first-order chi connectivity index (χ1) is 8.78. The Morgan fingerprint density at radius 1 is 1.28 bits per heavy atom. The van der Waals surface area contributed by atoms with Gasteiger partial charge >= 0.3 is 5.97 Å². The van der Waals surface area contributed by atoms with Crippen molar-refractivity contribution in [3.8, 4) is 0 Å². The van der Waals surface area contributed by atoms with Crippen molar-refractivity contribution in [2.75, 3.05) is 6.61 Å². The van der Waals surface area contributed by atoms with Crippen LogP contribution in [0.5, 0.6) is 0 Å². The van der Waals surface area contributed by atoms with E-state index in [0.717, 1.165) is 5.56 Å². The van der Waals surface area contributed by atoms with E-state index in [1.807, 2.05) is 41.2 Å².